The van der Waals surface area contributed by atoms with Crippen LogP contribution in [0.5, 0.6) is 0 Å². The molecule has 8 nitrogen and oxygen atoms in total. The van der Waals surface area contributed by atoms with E-state index in [1.54, 1.807) is 29.4 Å². The van der Waals surface area contributed by atoms with Gasteiger partial charge in [-0.05, 0) is 41.5 Å². The minimum atomic E-state index is -0.169. The first kappa shape index (κ1) is 16.9. The maximum Gasteiger partial charge on any atom is 0.322 e. The molecular weight excluding hydrogens is 366 g/mol. The first-order valence-electron chi connectivity index (χ1n) is 9.04. The van der Waals surface area contributed by atoms with Gasteiger partial charge in [0.2, 0.25) is 0 Å². The molecule has 1 aliphatic heterocycles. The number of aromatic amines is 1. The zero-order valence-corrected chi connectivity index (χ0v) is 15.3. The third-order valence-corrected chi connectivity index (χ3v) is 4.96. The van der Waals surface area contributed by atoms with Crippen molar-refractivity contribution in [2.75, 3.05) is 5.32 Å². The lowest BCUT2D eigenvalue weighted by Gasteiger charge is -2.29. The van der Waals surface area contributed by atoms with E-state index in [0.29, 0.717) is 18.7 Å². The summed E-state index contributed by atoms with van der Waals surface area (Å²) in [5.74, 6) is 0. The molecule has 2 amide bonds. The number of hydrogen-bond donors (Lipinski definition) is 2. The molecule has 4 aromatic rings. The van der Waals surface area contributed by atoms with Gasteiger partial charge in [-0.3, -0.25) is 5.10 Å². The van der Waals surface area contributed by atoms with Crippen molar-refractivity contribution in [1.29, 1.82) is 5.26 Å². The van der Waals surface area contributed by atoms with Gasteiger partial charge in [0.1, 0.15) is 5.69 Å². The van der Waals surface area contributed by atoms with Gasteiger partial charge in [0, 0.05) is 29.7 Å². The molecule has 0 aliphatic carbocycles. The lowest BCUT2D eigenvalue weighted by molar-refractivity contribution is 0.204. The van der Waals surface area contributed by atoms with Crippen LogP contribution < -0.4 is 5.32 Å². The molecule has 2 aromatic heterocycles. The number of fused-ring (bicyclic) bond motifs is 2. The van der Waals surface area contributed by atoms with Crippen LogP contribution in [-0.4, -0.2) is 31.3 Å². The highest BCUT2D eigenvalue weighted by atomic mass is 16.2. The molecule has 2 aromatic carbocycles. The third-order valence-electron chi connectivity index (χ3n) is 4.96. The Labute approximate surface area is 165 Å². The second-order valence-electron chi connectivity index (χ2n) is 6.86. The molecule has 2 N–H and O–H groups in total. The van der Waals surface area contributed by atoms with E-state index < -0.39 is 0 Å². The molecule has 5 rings (SSSR count). The van der Waals surface area contributed by atoms with E-state index in [1.807, 2.05) is 30.3 Å². The number of aromatic nitrogens is 4. The maximum atomic E-state index is 12.6. The van der Waals surface area contributed by atoms with Crippen LogP contribution in [0.25, 0.3) is 22.2 Å². The molecule has 0 radical (unpaired) electrons. The predicted octanol–water partition coefficient (Wildman–Crippen LogP) is 3.44. The van der Waals surface area contributed by atoms with Crippen LogP contribution in [0.3, 0.4) is 0 Å². The van der Waals surface area contributed by atoms with Crippen LogP contribution in [-0.2, 0) is 13.1 Å². The molecule has 0 fully saturated rings. The zero-order valence-electron chi connectivity index (χ0n) is 15.3. The molecule has 0 saturated carbocycles. The number of urea groups is 1. The van der Waals surface area contributed by atoms with Crippen molar-refractivity contribution in [2.45, 2.75) is 13.1 Å². The summed E-state index contributed by atoms with van der Waals surface area (Å²) >= 11 is 0. The zero-order chi connectivity index (χ0) is 19.8. The molecule has 29 heavy (non-hydrogen) atoms. The molecule has 0 saturated heterocycles. The standard InChI is InChI=1S/C21H15N7O/c22-9-13-2-1-3-14(6-13)11-28-12-16-7-17-19(8-18(16)25-21(28)29)26-27-20(17)15-4-5-23-24-10-15/h1-8,10H,11-12H2,(H,25,29)(H,26,27). The van der Waals surface area contributed by atoms with Crippen molar-refractivity contribution >= 4 is 22.6 Å². The average molecular weight is 381 g/mol. The van der Waals surface area contributed by atoms with E-state index in [4.69, 9.17) is 5.26 Å². The van der Waals surface area contributed by atoms with Gasteiger partial charge in [-0.1, -0.05) is 12.1 Å². The summed E-state index contributed by atoms with van der Waals surface area (Å²) in [6.07, 6.45) is 3.30. The van der Waals surface area contributed by atoms with Crippen LogP contribution in [0, 0.1) is 11.3 Å². The molecule has 0 atom stereocenters. The Morgan fingerprint density at radius 3 is 2.93 bits per heavy atom. The van der Waals surface area contributed by atoms with E-state index >= 15 is 0 Å². The molecular formula is C21H15N7O. The summed E-state index contributed by atoms with van der Waals surface area (Å²) in [5, 5.41) is 28.2. The SMILES string of the molecule is N#Cc1cccc(CN2Cc3cc4c(-c5ccnnc5)n[nH]c4cc3NC2=O)c1. The van der Waals surface area contributed by atoms with E-state index in [9.17, 15) is 4.79 Å². The molecule has 140 valence electrons. The van der Waals surface area contributed by atoms with Crippen molar-refractivity contribution in [3.8, 4) is 17.3 Å². The quantitative estimate of drug-likeness (QED) is 0.565. The number of carbonyl (C=O) groups is 1. The number of benzene rings is 2. The number of nitriles is 1. The number of amides is 2. The Balaban J connectivity index is 1.49. The number of carbonyl (C=O) groups excluding carboxylic acids is 1. The van der Waals surface area contributed by atoms with Crippen LogP contribution in [0.4, 0.5) is 10.5 Å². The fourth-order valence-electron chi connectivity index (χ4n) is 3.57. The smallest absolute Gasteiger partial charge is 0.316 e. The van der Waals surface area contributed by atoms with Crippen molar-refractivity contribution in [3.63, 3.8) is 0 Å². The number of nitrogens with zero attached hydrogens (tertiary/aromatic N) is 5. The second kappa shape index (κ2) is 6.73. The highest BCUT2D eigenvalue weighted by molar-refractivity contribution is 5.99. The van der Waals surface area contributed by atoms with Crippen LogP contribution in [0.2, 0.25) is 0 Å². The maximum absolute atomic E-state index is 12.6. The fraction of sp³-hybridized carbons (Fsp3) is 0.0952. The Bertz CT molecular complexity index is 1270. The highest BCUT2D eigenvalue weighted by Gasteiger charge is 2.24. The number of nitrogens with one attached hydrogen (secondary N) is 2. The largest absolute Gasteiger partial charge is 0.322 e. The molecule has 1 aliphatic rings. The van der Waals surface area contributed by atoms with Gasteiger partial charge in [-0.2, -0.15) is 20.6 Å². The van der Waals surface area contributed by atoms with Gasteiger partial charge in [-0.25, -0.2) is 4.79 Å². The van der Waals surface area contributed by atoms with Gasteiger partial charge >= 0.3 is 6.03 Å². The third kappa shape index (κ3) is 3.04. The topological polar surface area (TPSA) is 111 Å². The van der Waals surface area contributed by atoms with Crippen molar-refractivity contribution in [2.24, 2.45) is 0 Å². The monoisotopic (exact) mass is 381 g/mol. The van der Waals surface area contributed by atoms with Gasteiger partial charge in [0.15, 0.2) is 0 Å². The first-order valence-corrected chi connectivity index (χ1v) is 9.04. The van der Waals surface area contributed by atoms with E-state index in [0.717, 1.165) is 39.0 Å². The minimum absolute atomic E-state index is 0.169. The van der Waals surface area contributed by atoms with Crippen LogP contribution >= 0.6 is 0 Å². The van der Waals surface area contributed by atoms with Crippen LogP contribution in [0.1, 0.15) is 16.7 Å². The summed E-state index contributed by atoms with van der Waals surface area (Å²) in [5.41, 5.74) is 5.77. The van der Waals surface area contributed by atoms with Crippen LogP contribution in [0.15, 0.2) is 54.9 Å². The van der Waals surface area contributed by atoms with Crippen molar-refractivity contribution < 1.29 is 4.79 Å². The molecule has 8 heteroatoms. The summed E-state index contributed by atoms with van der Waals surface area (Å²) < 4.78 is 0. The second-order valence-corrected chi connectivity index (χ2v) is 6.86. The molecule has 0 unspecified atom stereocenters. The number of rotatable bonds is 3. The fourth-order valence-corrected chi connectivity index (χ4v) is 3.57. The number of anilines is 1. The Morgan fingerprint density at radius 2 is 2.10 bits per heavy atom. The van der Waals surface area contributed by atoms with Crippen molar-refractivity contribution in [3.05, 3.63) is 71.5 Å². The van der Waals surface area contributed by atoms with E-state index in [-0.39, 0.29) is 6.03 Å². The Kier molecular flexibility index (Phi) is 3.92. The lowest BCUT2D eigenvalue weighted by Crippen LogP contribution is -2.38. The predicted molar refractivity (Wildman–Crippen MR) is 107 cm³/mol. The minimum Gasteiger partial charge on any atom is -0.316 e. The average Bonchev–Trinajstić information content (AvgIpc) is 3.16. The lowest BCUT2D eigenvalue weighted by atomic mass is 10.0. The van der Waals surface area contributed by atoms with Gasteiger partial charge < -0.3 is 10.2 Å². The highest BCUT2D eigenvalue weighted by Crippen LogP contribution is 2.33. The molecule has 0 spiro atoms. The first-order chi connectivity index (χ1) is 14.2. The number of hydrogen-bond acceptors (Lipinski definition) is 5. The Morgan fingerprint density at radius 1 is 1.17 bits per heavy atom. The summed E-state index contributed by atoms with van der Waals surface area (Å²) in [6.45, 7) is 0.887. The molecule has 3 heterocycles. The van der Waals surface area contributed by atoms with Crippen molar-refractivity contribution in [1.82, 2.24) is 25.3 Å². The van der Waals surface area contributed by atoms with Gasteiger partial charge in [-0.15, -0.1) is 0 Å². The summed E-state index contributed by atoms with van der Waals surface area (Å²) in [6, 6.07) is 15.1. The van der Waals surface area contributed by atoms with Gasteiger partial charge in [0.25, 0.3) is 0 Å². The summed E-state index contributed by atoms with van der Waals surface area (Å²) in [7, 11) is 0. The van der Waals surface area contributed by atoms with E-state index in [1.165, 1.54) is 0 Å². The summed E-state index contributed by atoms with van der Waals surface area (Å²) in [4.78, 5) is 14.3. The molecule has 0 bridgehead atoms. The normalized spacial score (nSPS) is 13.1. The van der Waals surface area contributed by atoms with E-state index in [2.05, 4.69) is 31.8 Å². The Hall–Kier alpha value is -4.25. The van der Waals surface area contributed by atoms with Gasteiger partial charge in [0.05, 0.1) is 29.5 Å². The number of H-pyrrole nitrogens is 1.